The summed E-state index contributed by atoms with van der Waals surface area (Å²) < 4.78 is 2.03. The summed E-state index contributed by atoms with van der Waals surface area (Å²) in [5, 5.41) is 8.33. The van der Waals surface area contributed by atoms with Gasteiger partial charge in [0.2, 0.25) is 0 Å². The van der Waals surface area contributed by atoms with Gasteiger partial charge in [0.1, 0.15) is 0 Å². The molecule has 0 amide bonds. The van der Waals surface area contributed by atoms with Crippen molar-refractivity contribution < 1.29 is 0 Å². The van der Waals surface area contributed by atoms with Crippen molar-refractivity contribution in [2.75, 3.05) is 0 Å². The summed E-state index contributed by atoms with van der Waals surface area (Å²) in [5.41, 5.74) is 2.32. The van der Waals surface area contributed by atoms with E-state index in [2.05, 4.69) is 51.9 Å². The first-order valence-electron chi connectivity index (χ1n) is 5.07. The van der Waals surface area contributed by atoms with E-state index in [1.54, 1.807) is 0 Å². The molecular formula is C11H21N3. The minimum absolute atomic E-state index is 0.0155. The SMILES string of the molecule is Cc1nnn(C(C)(C)C(C)(C)C)c1C. The summed E-state index contributed by atoms with van der Waals surface area (Å²) in [4.78, 5) is 0. The van der Waals surface area contributed by atoms with Gasteiger partial charge in [-0.1, -0.05) is 26.0 Å². The number of aryl methyl sites for hydroxylation is 1. The number of aromatic nitrogens is 3. The molecule has 1 rings (SSSR count). The van der Waals surface area contributed by atoms with Crippen molar-refractivity contribution in [1.29, 1.82) is 0 Å². The molecule has 1 heterocycles. The smallest absolute Gasteiger partial charge is 0.0825 e. The van der Waals surface area contributed by atoms with E-state index in [9.17, 15) is 0 Å². The molecule has 1 aromatic heterocycles. The Morgan fingerprint density at radius 1 is 1.00 bits per heavy atom. The van der Waals surface area contributed by atoms with Crippen LogP contribution in [0.15, 0.2) is 0 Å². The van der Waals surface area contributed by atoms with Crippen LogP contribution in [0.2, 0.25) is 0 Å². The number of hydrogen-bond donors (Lipinski definition) is 0. The average Bonchev–Trinajstić information content (AvgIpc) is 2.30. The van der Waals surface area contributed by atoms with Crippen LogP contribution in [0.25, 0.3) is 0 Å². The minimum Gasteiger partial charge on any atom is -0.243 e. The van der Waals surface area contributed by atoms with Crippen LogP contribution in [-0.4, -0.2) is 15.0 Å². The normalized spacial score (nSPS) is 13.4. The Morgan fingerprint density at radius 2 is 1.50 bits per heavy atom. The molecule has 14 heavy (non-hydrogen) atoms. The first kappa shape index (κ1) is 11.2. The fourth-order valence-electron chi connectivity index (χ4n) is 1.25. The maximum absolute atomic E-state index is 4.22. The largest absolute Gasteiger partial charge is 0.243 e. The minimum atomic E-state index is -0.0155. The van der Waals surface area contributed by atoms with Gasteiger partial charge in [0, 0.05) is 0 Å². The van der Waals surface area contributed by atoms with E-state index in [1.165, 1.54) is 0 Å². The van der Waals surface area contributed by atoms with E-state index in [-0.39, 0.29) is 11.0 Å². The van der Waals surface area contributed by atoms with Gasteiger partial charge in [0.15, 0.2) is 0 Å². The van der Waals surface area contributed by atoms with Gasteiger partial charge >= 0.3 is 0 Å². The van der Waals surface area contributed by atoms with Crippen LogP contribution >= 0.6 is 0 Å². The summed E-state index contributed by atoms with van der Waals surface area (Å²) in [6.45, 7) is 15.2. The molecule has 0 bridgehead atoms. The lowest BCUT2D eigenvalue weighted by atomic mass is 9.76. The molecule has 80 valence electrons. The van der Waals surface area contributed by atoms with Crippen molar-refractivity contribution in [1.82, 2.24) is 15.0 Å². The molecule has 1 aromatic rings. The van der Waals surface area contributed by atoms with Gasteiger partial charge in [-0.25, -0.2) is 4.68 Å². The van der Waals surface area contributed by atoms with Gasteiger partial charge in [0.25, 0.3) is 0 Å². The van der Waals surface area contributed by atoms with Crippen LogP contribution in [-0.2, 0) is 5.54 Å². The molecule has 0 aliphatic heterocycles. The first-order chi connectivity index (χ1) is 6.18. The third-order valence-corrected chi connectivity index (χ3v) is 3.49. The van der Waals surface area contributed by atoms with Crippen molar-refractivity contribution in [2.45, 2.75) is 54.0 Å². The third kappa shape index (κ3) is 1.56. The summed E-state index contributed by atoms with van der Waals surface area (Å²) in [7, 11) is 0. The average molecular weight is 195 g/mol. The standard InChI is InChI=1S/C11H21N3/c1-8-9(2)14(13-12-8)11(6,7)10(3,4)5/h1-7H3. The van der Waals surface area contributed by atoms with Gasteiger partial charge in [-0.15, -0.1) is 5.10 Å². The highest BCUT2D eigenvalue weighted by atomic mass is 15.5. The van der Waals surface area contributed by atoms with Crippen LogP contribution in [0.1, 0.15) is 46.0 Å². The summed E-state index contributed by atoms with van der Waals surface area (Å²) >= 11 is 0. The van der Waals surface area contributed by atoms with E-state index in [4.69, 9.17) is 0 Å². The maximum Gasteiger partial charge on any atom is 0.0825 e. The molecular weight excluding hydrogens is 174 g/mol. The summed E-state index contributed by atoms with van der Waals surface area (Å²) in [5.74, 6) is 0. The van der Waals surface area contributed by atoms with Crippen molar-refractivity contribution in [3.63, 3.8) is 0 Å². The molecule has 0 spiro atoms. The molecule has 0 saturated carbocycles. The Bertz CT molecular complexity index is 329. The zero-order valence-corrected chi connectivity index (χ0v) is 10.3. The fourth-order valence-corrected chi connectivity index (χ4v) is 1.25. The topological polar surface area (TPSA) is 30.7 Å². The van der Waals surface area contributed by atoms with Crippen LogP contribution in [0.4, 0.5) is 0 Å². The van der Waals surface area contributed by atoms with Crippen molar-refractivity contribution in [2.24, 2.45) is 5.41 Å². The number of nitrogens with zero attached hydrogens (tertiary/aromatic N) is 3. The van der Waals surface area contributed by atoms with Crippen LogP contribution in [0.5, 0.6) is 0 Å². The van der Waals surface area contributed by atoms with Gasteiger partial charge in [-0.3, -0.25) is 0 Å². The lowest BCUT2D eigenvalue weighted by Crippen LogP contribution is -2.41. The lowest BCUT2D eigenvalue weighted by Gasteiger charge is -2.39. The van der Waals surface area contributed by atoms with E-state index in [0.29, 0.717) is 0 Å². The summed E-state index contributed by atoms with van der Waals surface area (Å²) in [6, 6.07) is 0. The van der Waals surface area contributed by atoms with Gasteiger partial charge in [0.05, 0.1) is 16.9 Å². The lowest BCUT2D eigenvalue weighted by molar-refractivity contribution is 0.119. The monoisotopic (exact) mass is 195 g/mol. The van der Waals surface area contributed by atoms with E-state index in [0.717, 1.165) is 11.4 Å². The molecule has 0 aliphatic carbocycles. The Morgan fingerprint density at radius 3 is 1.79 bits per heavy atom. The molecule has 0 aliphatic rings. The number of rotatable bonds is 1. The Hall–Kier alpha value is -0.860. The molecule has 0 fully saturated rings. The van der Waals surface area contributed by atoms with E-state index < -0.39 is 0 Å². The second-order valence-electron chi connectivity index (χ2n) is 5.48. The van der Waals surface area contributed by atoms with Gasteiger partial charge in [-0.2, -0.15) is 0 Å². The highest BCUT2D eigenvalue weighted by Crippen LogP contribution is 2.36. The second kappa shape index (κ2) is 3.07. The van der Waals surface area contributed by atoms with Crippen molar-refractivity contribution >= 4 is 0 Å². The molecule has 0 aromatic carbocycles. The molecule has 0 saturated heterocycles. The van der Waals surface area contributed by atoms with Crippen molar-refractivity contribution in [3.05, 3.63) is 11.4 Å². The van der Waals surface area contributed by atoms with E-state index >= 15 is 0 Å². The fraction of sp³-hybridized carbons (Fsp3) is 0.818. The maximum atomic E-state index is 4.22. The summed E-state index contributed by atoms with van der Waals surface area (Å²) in [6.07, 6.45) is 0. The Balaban J connectivity index is 3.23. The zero-order valence-electron chi connectivity index (χ0n) is 10.3. The molecule has 3 heteroatoms. The zero-order chi connectivity index (χ0) is 11.1. The van der Waals surface area contributed by atoms with E-state index in [1.807, 2.05) is 11.6 Å². The van der Waals surface area contributed by atoms with Crippen LogP contribution in [0.3, 0.4) is 0 Å². The molecule has 0 unspecified atom stereocenters. The molecule has 3 nitrogen and oxygen atoms in total. The van der Waals surface area contributed by atoms with Crippen LogP contribution < -0.4 is 0 Å². The first-order valence-corrected chi connectivity index (χ1v) is 5.07. The predicted molar refractivity (Wildman–Crippen MR) is 58.3 cm³/mol. The predicted octanol–water partition coefficient (Wildman–Crippen LogP) is 2.68. The number of hydrogen-bond acceptors (Lipinski definition) is 2. The second-order valence-corrected chi connectivity index (χ2v) is 5.48. The van der Waals surface area contributed by atoms with Crippen molar-refractivity contribution in [3.8, 4) is 0 Å². The Labute approximate surface area is 86.5 Å². The highest BCUT2D eigenvalue weighted by molar-refractivity contribution is 5.08. The molecule has 0 atom stereocenters. The van der Waals surface area contributed by atoms with Crippen LogP contribution in [0, 0.1) is 19.3 Å². The van der Waals surface area contributed by atoms with Gasteiger partial charge < -0.3 is 0 Å². The third-order valence-electron chi connectivity index (χ3n) is 3.49. The molecule has 0 N–H and O–H groups in total. The quantitative estimate of drug-likeness (QED) is 0.689. The van der Waals surface area contributed by atoms with Gasteiger partial charge in [-0.05, 0) is 33.1 Å². The Kier molecular flexibility index (Phi) is 2.46. The highest BCUT2D eigenvalue weighted by Gasteiger charge is 2.36. The molecule has 0 radical (unpaired) electrons.